The Morgan fingerprint density at radius 1 is 1.42 bits per heavy atom. The number of hydrogen-bond acceptors (Lipinski definition) is 5. The second kappa shape index (κ2) is 6.86. The number of amides is 1. The van der Waals surface area contributed by atoms with Crippen LogP contribution in [0.5, 0.6) is 0 Å². The summed E-state index contributed by atoms with van der Waals surface area (Å²) in [5, 5.41) is 2.89. The predicted octanol–water partition coefficient (Wildman–Crippen LogP) is 3.09. The van der Waals surface area contributed by atoms with E-state index in [1.54, 1.807) is 33.9 Å². The lowest BCUT2D eigenvalue weighted by Gasteiger charge is -2.38. The SMILES string of the molecule is Cc1cnc(NC[C@H]2CCN(C(=O)OC(C)(C)C)CC2(F)F)cn1. The van der Waals surface area contributed by atoms with Crippen LogP contribution < -0.4 is 5.32 Å². The zero-order valence-corrected chi connectivity index (χ0v) is 14.5. The Morgan fingerprint density at radius 2 is 2.12 bits per heavy atom. The van der Waals surface area contributed by atoms with Crippen molar-refractivity contribution in [2.45, 2.75) is 45.6 Å². The van der Waals surface area contributed by atoms with E-state index in [4.69, 9.17) is 4.74 Å². The van der Waals surface area contributed by atoms with Crippen molar-refractivity contribution in [1.82, 2.24) is 14.9 Å². The van der Waals surface area contributed by atoms with Crippen LogP contribution in [0, 0.1) is 12.8 Å². The minimum Gasteiger partial charge on any atom is -0.444 e. The first-order chi connectivity index (χ1) is 11.1. The van der Waals surface area contributed by atoms with Crippen LogP contribution in [0.4, 0.5) is 19.4 Å². The molecule has 1 amide bonds. The highest BCUT2D eigenvalue weighted by Gasteiger charge is 2.46. The van der Waals surface area contributed by atoms with Gasteiger partial charge >= 0.3 is 6.09 Å². The van der Waals surface area contributed by atoms with Gasteiger partial charge in [0.25, 0.3) is 5.92 Å². The van der Waals surface area contributed by atoms with Gasteiger partial charge in [0.05, 0.1) is 24.6 Å². The fourth-order valence-corrected chi connectivity index (χ4v) is 2.43. The van der Waals surface area contributed by atoms with E-state index in [0.29, 0.717) is 5.82 Å². The summed E-state index contributed by atoms with van der Waals surface area (Å²) >= 11 is 0. The standard InChI is InChI=1S/C16H24F2N4O2/c1-11-7-20-13(9-19-11)21-8-12-5-6-22(10-16(12,17)18)14(23)24-15(2,3)4/h7,9,12H,5-6,8,10H2,1-4H3,(H,20,21)/t12-/m1/s1. The van der Waals surface area contributed by atoms with Crippen molar-refractivity contribution in [2.75, 3.05) is 25.0 Å². The van der Waals surface area contributed by atoms with Crippen molar-refractivity contribution < 1.29 is 18.3 Å². The molecular weight excluding hydrogens is 318 g/mol. The molecule has 1 aliphatic heterocycles. The number of hydrogen-bond donors (Lipinski definition) is 1. The van der Waals surface area contributed by atoms with Crippen molar-refractivity contribution in [3.05, 3.63) is 18.1 Å². The van der Waals surface area contributed by atoms with E-state index in [1.807, 2.05) is 0 Å². The number of ether oxygens (including phenoxy) is 1. The van der Waals surface area contributed by atoms with E-state index in [0.717, 1.165) is 10.6 Å². The molecule has 1 atom stereocenters. The molecule has 0 radical (unpaired) electrons. The molecule has 0 bridgehead atoms. The van der Waals surface area contributed by atoms with Gasteiger partial charge in [0.1, 0.15) is 11.4 Å². The fraction of sp³-hybridized carbons (Fsp3) is 0.688. The number of carbonyl (C=O) groups excluding carboxylic acids is 1. The molecule has 0 aromatic carbocycles. The fourth-order valence-electron chi connectivity index (χ4n) is 2.43. The second-order valence-corrected chi connectivity index (χ2v) is 7.07. The maximum absolute atomic E-state index is 14.4. The third kappa shape index (κ3) is 5.01. The Balaban J connectivity index is 1.91. The summed E-state index contributed by atoms with van der Waals surface area (Å²) in [6.07, 6.45) is 2.59. The Morgan fingerprint density at radius 3 is 2.67 bits per heavy atom. The number of nitrogens with one attached hydrogen (secondary N) is 1. The molecule has 2 rings (SSSR count). The molecule has 134 valence electrons. The van der Waals surface area contributed by atoms with E-state index in [1.165, 1.54) is 6.20 Å². The third-order valence-corrected chi connectivity index (χ3v) is 3.71. The number of nitrogens with zero attached hydrogens (tertiary/aromatic N) is 3. The van der Waals surface area contributed by atoms with Crippen LogP contribution in [0.25, 0.3) is 0 Å². The van der Waals surface area contributed by atoms with Gasteiger partial charge in [0, 0.05) is 19.0 Å². The number of piperidine rings is 1. The Labute approximate surface area is 140 Å². The van der Waals surface area contributed by atoms with E-state index in [9.17, 15) is 13.6 Å². The number of anilines is 1. The average Bonchev–Trinajstić information content (AvgIpc) is 2.45. The highest BCUT2D eigenvalue weighted by atomic mass is 19.3. The lowest BCUT2D eigenvalue weighted by molar-refractivity contribution is -0.106. The molecule has 1 N–H and O–H groups in total. The molecule has 1 aliphatic rings. The van der Waals surface area contributed by atoms with Gasteiger partial charge in [-0.1, -0.05) is 0 Å². The monoisotopic (exact) mass is 342 g/mol. The van der Waals surface area contributed by atoms with Crippen LogP contribution in [0.2, 0.25) is 0 Å². The highest BCUT2D eigenvalue weighted by molar-refractivity contribution is 5.68. The predicted molar refractivity (Wildman–Crippen MR) is 86.1 cm³/mol. The Bertz CT molecular complexity index is 572. The number of carbonyl (C=O) groups is 1. The summed E-state index contributed by atoms with van der Waals surface area (Å²) in [6.45, 7) is 6.63. The van der Waals surface area contributed by atoms with Crippen LogP contribution in [-0.4, -0.2) is 52.1 Å². The molecule has 1 aromatic rings. The van der Waals surface area contributed by atoms with E-state index in [2.05, 4.69) is 15.3 Å². The normalized spacial score (nSPS) is 20.6. The van der Waals surface area contributed by atoms with Crippen LogP contribution in [0.3, 0.4) is 0 Å². The van der Waals surface area contributed by atoms with Gasteiger partial charge in [-0.3, -0.25) is 4.98 Å². The Kier molecular flexibility index (Phi) is 5.25. The van der Waals surface area contributed by atoms with Crippen molar-refractivity contribution in [1.29, 1.82) is 0 Å². The maximum Gasteiger partial charge on any atom is 0.410 e. The topological polar surface area (TPSA) is 67.4 Å². The third-order valence-electron chi connectivity index (χ3n) is 3.71. The summed E-state index contributed by atoms with van der Waals surface area (Å²) in [5.74, 6) is -3.40. The van der Waals surface area contributed by atoms with E-state index < -0.39 is 30.1 Å². The van der Waals surface area contributed by atoms with Crippen molar-refractivity contribution in [3.8, 4) is 0 Å². The maximum atomic E-state index is 14.4. The summed E-state index contributed by atoms with van der Waals surface area (Å²) in [7, 11) is 0. The molecule has 8 heteroatoms. The molecule has 1 fully saturated rings. The van der Waals surface area contributed by atoms with Gasteiger partial charge in [-0.15, -0.1) is 0 Å². The molecule has 0 unspecified atom stereocenters. The highest BCUT2D eigenvalue weighted by Crippen LogP contribution is 2.33. The van der Waals surface area contributed by atoms with E-state index >= 15 is 0 Å². The summed E-state index contributed by atoms with van der Waals surface area (Å²) in [5.41, 5.74) is 0.0612. The minimum absolute atomic E-state index is 0.0763. The lowest BCUT2D eigenvalue weighted by Crippen LogP contribution is -2.53. The summed E-state index contributed by atoms with van der Waals surface area (Å²) < 4.78 is 33.9. The summed E-state index contributed by atoms with van der Waals surface area (Å²) in [6, 6.07) is 0. The Hall–Kier alpha value is -1.99. The lowest BCUT2D eigenvalue weighted by atomic mass is 9.93. The molecule has 2 heterocycles. The van der Waals surface area contributed by atoms with Gasteiger partial charge in [0.2, 0.25) is 0 Å². The second-order valence-electron chi connectivity index (χ2n) is 7.07. The molecule has 24 heavy (non-hydrogen) atoms. The number of likely N-dealkylation sites (tertiary alicyclic amines) is 1. The van der Waals surface area contributed by atoms with Gasteiger partial charge in [-0.05, 0) is 34.1 Å². The largest absolute Gasteiger partial charge is 0.444 e. The molecule has 1 saturated heterocycles. The quantitative estimate of drug-likeness (QED) is 0.914. The molecule has 0 spiro atoms. The summed E-state index contributed by atoms with van der Waals surface area (Å²) in [4.78, 5) is 21.2. The minimum atomic E-state index is -2.99. The number of rotatable bonds is 3. The first-order valence-corrected chi connectivity index (χ1v) is 7.95. The molecule has 6 nitrogen and oxygen atoms in total. The smallest absolute Gasteiger partial charge is 0.410 e. The van der Waals surface area contributed by atoms with Gasteiger partial charge in [-0.25, -0.2) is 18.6 Å². The van der Waals surface area contributed by atoms with Crippen LogP contribution in [0.1, 0.15) is 32.9 Å². The zero-order valence-electron chi connectivity index (χ0n) is 14.5. The number of aryl methyl sites for hydroxylation is 1. The molecule has 0 aliphatic carbocycles. The van der Waals surface area contributed by atoms with Crippen molar-refractivity contribution in [2.24, 2.45) is 5.92 Å². The van der Waals surface area contributed by atoms with Crippen molar-refractivity contribution in [3.63, 3.8) is 0 Å². The molecule has 1 aromatic heterocycles. The number of aromatic nitrogens is 2. The van der Waals surface area contributed by atoms with Crippen LogP contribution in [-0.2, 0) is 4.74 Å². The number of halogens is 2. The van der Waals surface area contributed by atoms with Crippen LogP contribution >= 0.6 is 0 Å². The van der Waals surface area contributed by atoms with Crippen LogP contribution in [0.15, 0.2) is 12.4 Å². The first kappa shape index (κ1) is 18.4. The van der Waals surface area contributed by atoms with Crippen molar-refractivity contribution >= 4 is 11.9 Å². The zero-order chi connectivity index (χ0) is 18.0. The molecule has 0 saturated carbocycles. The average molecular weight is 342 g/mol. The van der Waals surface area contributed by atoms with Gasteiger partial charge in [0.15, 0.2) is 0 Å². The number of alkyl halides is 2. The first-order valence-electron chi connectivity index (χ1n) is 7.95. The van der Waals surface area contributed by atoms with E-state index in [-0.39, 0.29) is 19.5 Å². The van der Waals surface area contributed by atoms with Gasteiger partial charge in [-0.2, -0.15) is 0 Å². The molecular formula is C16H24F2N4O2. The van der Waals surface area contributed by atoms with Gasteiger partial charge < -0.3 is 15.0 Å².